The molecule has 1 rings (SSSR count). The van der Waals surface area contributed by atoms with Gasteiger partial charge in [-0.05, 0) is 12.1 Å². The van der Waals surface area contributed by atoms with Gasteiger partial charge < -0.3 is 0 Å². The number of halogens is 2. The summed E-state index contributed by atoms with van der Waals surface area (Å²) in [6.07, 6.45) is 1.35. The Morgan fingerprint density at radius 1 is 1.50 bits per heavy atom. The highest BCUT2D eigenvalue weighted by atomic mass is 79.9. The van der Waals surface area contributed by atoms with Crippen molar-refractivity contribution in [3.05, 3.63) is 0 Å². The van der Waals surface area contributed by atoms with Crippen LogP contribution in [-0.4, -0.2) is 6.00 Å². The summed E-state index contributed by atoms with van der Waals surface area (Å²) in [7, 11) is 0. The first-order chi connectivity index (χ1) is 2.71. The fraction of sp³-hybridized carbons (Fsp3) is 1.00. The van der Waals surface area contributed by atoms with Gasteiger partial charge in [-0.2, -0.15) is 11.1 Å². The molecule has 0 saturated carbocycles. The normalized spacial score (nSPS) is 29.0. The SMILES string of the molecule is Cl[Si]1(Br)CCC1. The van der Waals surface area contributed by atoms with Crippen molar-refractivity contribution < 1.29 is 0 Å². The summed E-state index contributed by atoms with van der Waals surface area (Å²) >= 11 is 9.33. The summed E-state index contributed by atoms with van der Waals surface area (Å²) in [5, 5.41) is 0. The van der Waals surface area contributed by atoms with E-state index in [4.69, 9.17) is 11.1 Å². The highest BCUT2D eigenvalue weighted by Crippen LogP contribution is 2.40. The molecule has 0 spiro atoms. The van der Waals surface area contributed by atoms with Gasteiger partial charge in [0.15, 0.2) is 0 Å². The van der Waals surface area contributed by atoms with E-state index in [0.29, 0.717) is 0 Å². The quantitative estimate of drug-likeness (QED) is 0.402. The lowest BCUT2D eigenvalue weighted by molar-refractivity contribution is 0.955. The fourth-order valence-electron chi connectivity index (χ4n) is 0.444. The summed E-state index contributed by atoms with van der Waals surface area (Å²) in [5.74, 6) is 0. The Labute approximate surface area is 51.2 Å². The Balaban J connectivity index is 2.31. The molecular formula is C3H6BrClSi. The van der Waals surface area contributed by atoms with Crippen LogP contribution in [0.5, 0.6) is 0 Å². The third-order valence-corrected chi connectivity index (χ3v) is 6.77. The van der Waals surface area contributed by atoms with Crippen LogP contribution in [0.15, 0.2) is 0 Å². The molecule has 0 nitrogen and oxygen atoms in total. The van der Waals surface area contributed by atoms with Crippen molar-refractivity contribution in [3.63, 3.8) is 0 Å². The van der Waals surface area contributed by atoms with Crippen LogP contribution in [0.1, 0.15) is 6.42 Å². The van der Waals surface area contributed by atoms with E-state index >= 15 is 0 Å². The van der Waals surface area contributed by atoms with Gasteiger partial charge in [0, 0.05) is 0 Å². The van der Waals surface area contributed by atoms with Crippen molar-refractivity contribution in [1.82, 2.24) is 0 Å². The molecule has 0 atom stereocenters. The lowest BCUT2D eigenvalue weighted by atomic mass is 10.5. The van der Waals surface area contributed by atoms with Crippen LogP contribution in [0.2, 0.25) is 12.1 Å². The standard InChI is InChI=1S/C3H6BrClSi/c4-6(5)2-1-3-6/h1-3H2. The van der Waals surface area contributed by atoms with Crippen LogP contribution < -0.4 is 0 Å². The third-order valence-electron chi connectivity index (χ3n) is 1.09. The molecule has 0 amide bonds. The molecule has 0 aliphatic carbocycles. The molecule has 0 unspecified atom stereocenters. The van der Waals surface area contributed by atoms with Crippen LogP contribution in [0.25, 0.3) is 0 Å². The molecular weight excluding hydrogens is 179 g/mol. The summed E-state index contributed by atoms with van der Waals surface area (Å²) < 4.78 is 0. The minimum Gasteiger partial charge on any atom is -0.152 e. The monoisotopic (exact) mass is 184 g/mol. The fourth-order valence-corrected chi connectivity index (χ4v) is 3.82. The van der Waals surface area contributed by atoms with Crippen molar-refractivity contribution in [3.8, 4) is 0 Å². The minimum absolute atomic E-state index is 1.17. The Kier molecular flexibility index (Phi) is 1.28. The van der Waals surface area contributed by atoms with Gasteiger partial charge in [0.2, 0.25) is 6.00 Å². The molecule has 0 aromatic carbocycles. The van der Waals surface area contributed by atoms with E-state index < -0.39 is 6.00 Å². The number of hydrogen-bond donors (Lipinski definition) is 0. The zero-order valence-electron chi connectivity index (χ0n) is 3.38. The molecule has 6 heavy (non-hydrogen) atoms. The molecule has 0 radical (unpaired) electrons. The van der Waals surface area contributed by atoms with Gasteiger partial charge in [-0.3, -0.25) is 0 Å². The molecule has 0 aromatic heterocycles. The van der Waals surface area contributed by atoms with E-state index in [1.54, 1.807) is 0 Å². The van der Waals surface area contributed by atoms with Gasteiger partial charge >= 0.3 is 0 Å². The molecule has 3 heteroatoms. The van der Waals surface area contributed by atoms with E-state index in [1.165, 1.54) is 18.5 Å². The summed E-state index contributed by atoms with van der Waals surface area (Å²) in [6, 6.07) is 1.38. The van der Waals surface area contributed by atoms with Crippen LogP contribution in [0.3, 0.4) is 0 Å². The predicted molar refractivity (Wildman–Crippen MR) is 34.8 cm³/mol. The second kappa shape index (κ2) is 1.49. The molecule has 0 bridgehead atoms. The molecule has 0 N–H and O–H groups in total. The molecule has 1 aliphatic rings. The van der Waals surface area contributed by atoms with E-state index in [9.17, 15) is 0 Å². The minimum atomic E-state index is -1.17. The lowest BCUT2D eigenvalue weighted by Crippen LogP contribution is -2.26. The van der Waals surface area contributed by atoms with Crippen LogP contribution in [0, 0.1) is 0 Å². The van der Waals surface area contributed by atoms with Crippen molar-refractivity contribution in [2.24, 2.45) is 0 Å². The number of rotatable bonds is 0. The van der Waals surface area contributed by atoms with Crippen molar-refractivity contribution in [2.45, 2.75) is 18.5 Å². The smallest absolute Gasteiger partial charge is 0.152 e. The highest BCUT2D eigenvalue weighted by molar-refractivity contribution is 9.27. The maximum Gasteiger partial charge on any atom is 0.226 e. The molecule has 0 aromatic rings. The summed E-state index contributed by atoms with van der Waals surface area (Å²) in [5.41, 5.74) is 0. The summed E-state index contributed by atoms with van der Waals surface area (Å²) in [6.45, 7) is 0. The molecule has 1 fully saturated rings. The Hall–Kier alpha value is 0.987. The topological polar surface area (TPSA) is 0 Å². The van der Waals surface area contributed by atoms with E-state index in [-0.39, 0.29) is 0 Å². The predicted octanol–water partition coefficient (Wildman–Crippen LogP) is 2.47. The first kappa shape index (κ1) is 5.13. The highest BCUT2D eigenvalue weighted by Gasteiger charge is 2.34. The molecule has 36 valence electrons. The van der Waals surface area contributed by atoms with Gasteiger partial charge in [0.1, 0.15) is 0 Å². The molecule has 1 heterocycles. The Morgan fingerprint density at radius 3 is 1.83 bits per heavy atom. The Bertz CT molecular complexity index is 57.8. The van der Waals surface area contributed by atoms with Gasteiger partial charge in [-0.15, -0.1) is 15.3 Å². The third kappa shape index (κ3) is 0.981. The van der Waals surface area contributed by atoms with Crippen molar-refractivity contribution in [1.29, 1.82) is 0 Å². The zero-order chi connectivity index (χ0) is 4.62. The van der Waals surface area contributed by atoms with E-state index in [1.807, 2.05) is 0 Å². The average Bonchev–Trinajstić information content (AvgIpc) is 1.32. The van der Waals surface area contributed by atoms with Crippen molar-refractivity contribution >= 4 is 32.4 Å². The van der Waals surface area contributed by atoms with E-state index in [2.05, 4.69) is 15.3 Å². The van der Waals surface area contributed by atoms with Crippen LogP contribution >= 0.6 is 26.4 Å². The maximum absolute atomic E-state index is 5.86. The second-order valence-corrected chi connectivity index (χ2v) is 12.5. The largest absolute Gasteiger partial charge is 0.226 e. The first-order valence-corrected chi connectivity index (χ1v) is 7.77. The maximum atomic E-state index is 5.86. The summed E-state index contributed by atoms with van der Waals surface area (Å²) in [4.78, 5) is 0. The number of hydrogen-bond acceptors (Lipinski definition) is 0. The van der Waals surface area contributed by atoms with Crippen molar-refractivity contribution in [2.75, 3.05) is 0 Å². The van der Waals surface area contributed by atoms with Gasteiger partial charge in [0.05, 0.1) is 0 Å². The molecule has 1 aliphatic heterocycles. The Morgan fingerprint density at radius 2 is 1.83 bits per heavy atom. The van der Waals surface area contributed by atoms with Gasteiger partial charge in [0.25, 0.3) is 0 Å². The lowest BCUT2D eigenvalue weighted by Gasteiger charge is -2.25. The van der Waals surface area contributed by atoms with E-state index in [0.717, 1.165) is 0 Å². The molecule has 1 saturated heterocycles. The van der Waals surface area contributed by atoms with Gasteiger partial charge in [-0.25, -0.2) is 0 Å². The second-order valence-electron chi connectivity index (χ2n) is 1.71. The van der Waals surface area contributed by atoms with Crippen LogP contribution in [0.4, 0.5) is 0 Å². The zero-order valence-corrected chi connectivity index (χ0v) is 6.72. The first-order valence-electron chi connectivity index (χ1n) is 2.09. The van der Waals surface area contributed by atoms with Crippen LogP contribution in [-0.2, 0) is 0 Å². The van der Waals surface area contributed by atoms with Gasteiger partial charge in [-0.1, -0.05) is 6.42 Å². The average molecular weight is 186 g/mol.